The Hall–Kier alpha value is -2.11. The highest BCUT2D eigenvalue weighted by atomic mass is 16.1. The quantitative estimate of drug-likeness (QED) is 0.818. The molecule has 1 N–H and O–H groups in total. The lowest BCUT2D eigenvalue weighted by molar-refractivity contribution is 0.0952. The third-order valence-corrected chi connectivity index (χ3v) is 3.02. The number of hydrogen-bond acceptors (Lipinski definition) is 3. The molecule has 0 aliphatic carbocycles. The number of hydrogen-bond donors (Lipinski definition) is 1. The van der Waals surface area contributed by atoms with Gasteiger partial charge >= 0.3 is 0 Å². The first kappa shape index (κ1) is 13.3. The molecule has 0 fully saturated rings. The Morgan fingerprint density at radius 3 is 2.79 bits per heavy atom. The van der Waals surface area contributed by atoms with Crippen LogP contribution in [0.25, 0.3) is 0 Å². The van der Waals surface area contributed by atoms with Crippen LogP contribution in [0.2, 0.25) is 0 Å². The van der Waals surface area contributed by atoms with Gasteiger partial charge in [0.05, 0.1) is 11.3 Å². The monoisotopic (exact) mass is 261 g/mol. The fourth-order valence-electron chi connectivity index (χ4n) is 1.98. The van der Waals surface area contributed by atoms with Gasteiger partial charge in [-0.25, -0.2) is 0 Å². The molecule has 0 radical (unpaired) electrons. The molecule has 0 saturated carbocycles. The fourth-order valence-corrected chi connectivity index (χ4v) is 1.98. The second-order valence-corrected chi connectivity index (χ2v) is 4.61. The van der Waals surface area contributed by atoms with Crippen molar-refractivity contribution in [3.05, 3.63) is 35.4 Å². The van der Waals surface area contributed by atoms with Crippen LogP contribution in [-0.4, -0.2) is 32.0 Å². The molecule has 0 atom stereocenters. The number of nitrogens with one attached hydrogen (secondary N) is 1. The second kappa shape index (κ2) is 5.69. The molecule has 0 bridgehead atoms. The van der Waals surface area contributed by atoms with Crippen molar-refractivity contribution >= 4 is 5.91 Å². The average molecular weight is 261 g/mol. The van der Waals surface area contributed by atoms with Crippen molar-refractivity contribution in [3.8, 4) is 0 Å². The Bertz CT molecular complexity index is 569. The van der Waals surface area contributed by atoms with Crippen LogP contribution in [-0.2, 0) is 13.6 Å². The SMILES string of the molecule is Cc1nn(C)cc1C(=O)NCCCn1nccc1C. The summed E-state index contributed by atoms with van der Waals surface area (Å²) in [5, 5.41) is 11.3. The van der Waals surface area contributed by atoms with Crippen molar-refractivity contribution in [2.45, 2.75) is 26.8 Å². The minimum atomic E-state index is -0.0669. The van der Waals surface area contributed by atoms with Gasteiger partial charge in [-0.15, -0.1) is 0 Å². The van der Waals surface area contributed by atoms with Crippen LogP contribution in [0.3, 0.4) is 0 Å². The van der Waals surface area contributed by atoms with E-state index in [0.717, 1.165) is 24.4 Å². The summed E-state index contributed by atoms with van der Waals surface area (Å²) in [6.45, 7) is 5.30. The van der Waals surface area contributed by atoms with Gasteiger partial charge in [0.1, 0.15) is 0 Å². The molecule has 0 aromatic carbocycles. The Morgan fingerprint density at radius 2 is 2.21 bits per heavy atom. The van der Waals surface area contributed by atoms with E-state index in [4.69, 9.17) is 0 Å². The summed E-state index contributed by atoms with van der Waals surface area (Å²) in [5.41, 5.74) is 2.52. The zero-order chi connectivity index (χ0) is 13.8. The predicted octanol–water partition coefficient (Wildman–Crippen LogP) is 1.05. The maximum Gasteiger partial charge on any atom is 0.254 e. The van der Waals surface area contributed by atoms with Crippen molar-refractivity contribution in [1.29, 1.82) is 0 Å². The average Bonchev–Trinajstić information content (AvgIpc) is 2.91. The lowest BCUT2D eigenvalue weighted by Crippen LogP contribution is -2.25. The highest BCUT2D eigenvalue weighted by molar-refractivity contribution is 5.94. The van der Waals surface area contributed by atoms with Crippen molar-refractivity contribution < 1.29 is 4.79 Å². The van der Waals surface area contributed by atoms with Gasteiger partial charge in [0.25, 0.3) is 5.91 Å². The number of carbonyl (C=O) groups excluding carboxylic acids is 1. The Kier molecular flexibility index (Phi) is 3.99. The summed E-state index contributed by atoms with van der Waals surface area (Å²) in [4.78, 5) is 11.9. The minimum Gasteiger partial charge on any atom is -0.352 e. The van der Waals surface area contributed by atoms with Crippen LogP contribution < -0.4 is 5.32 Å². The highest BCUT2D eigenvalue weighted by Crippen LogP contribution is 2.04. The summed E-state index contributed by atoms with van der Waals surface area (Å²) < 4.78 is 3.58. The maximum atomic E-state index is 11.9. The van der Waals surface area contributed by atoms with Gasteiger partial charge < -0.3 is 5.32 Å². The molecule has 0 unspecified atom stereocenters. The summed E-state index contributed by atoms with van der Waals surface area (Å²) in [5.74, 6) is -0.0669. The van der Waals surface area contributed by atoms with E-state index in [0.29, 0.717) is 12.1 Å². The predicted molar refractivity (Wildman–Crippen MR) is 71.9 cm³/mol. The van der Waals surface area contributed by atoms with Crippen LogP contribution in [0.4, 0.5) is 0 Å². The number of carbonyl (C=O) groups is 1. The summed E-state index contributed by atoms with van der Waals surface area (Å²) in [7, 11) is 1.81. The lowest BCUT2D eigenvalue weighted by atomic mass is 10.2. The van der Waals surface area contributed by atoms with E-state index in [2.05, 4.69) is 15.5 Å². The zero-order valence-corrected chi connectivity index (χ0v) is 11.6. The van der Waals surface area contributed by atoms with Crippen LogP contribution >= 0.6 is 0 Å². The molecular weight excluding hydrogens is 242 g/mol. The van der Waals surface area contributed by atoms with Gasteiger partial charge in [0.15, 0.2) is 0 Å². The van der Waals surface area contributed by atoms with E-state index in [1.165, 1.54) is 0 Å². The van der Waals surface area contributed by atoms with E-state index in [1.54, 1.807) is 17.1 Å². The van der Waals surface area contributed by atoms with E-state index >= 15 is 0 Å². The Labute approximate surface area is 112 Å². The first-order valence-corrected chi connectivity index (χ1v) is 6.35. The fraction of sp³-hybridized carbons (Fsp3) is 0.462. The van der Waals surface area contributed by atoms with E-state index in [-0.39, 0.29) is 5.91 Å². The molecule has 1 amide bonds. The van der Waals surface area contributed by atoms with Gasteiger partial charge in [0.2, 0.25) is 0 Å². The van der Waals surface area contributed by atoms with Gasteiger partial charge in [-0.2, -0.15) is 10.2 Å². The molecule has 0 saturated heterocycles. The number of aryl methyl sites for hydroxylation is 4. The first-order chi connectivity index (χ1) is 9.08. The third-order valence-electron chi connectivity index (χ3n) is 3.02. The molecule has 2 rings (SSSR count). The third kappa shape index (κ3) is 3.21. The minimum absolute atomic E-state index is 0.0669. The van der Waals surface area contributed by atoms with Gasteiger partial charge in [-0.1, -0.05) is 0 Å². The van der Waals surface area contributed by atoms with E-state index in [9.17, 15) is 4.79 Å². The van der Waals surface area contributed by atoms with Crippen LogP contribution in [0.15, 0.2) is 18.5 Å². The Balaban J connectivity index is 1.78. The molecule has 6 heteroatoms. The molecule has 102 valence electrons. The number of aromatic nitrogens is 4. The Morgan fingerprint density at radius 1 is 1.42 bits per heavy atom. The maximum absolute atomic E-state index is 11.9. The molecule has 0 aliphatic heterocycles. The second-order valence-electron chi connectivity index (χ2n) is 4.61. The molecule has 2 aromatic rings. The van der Waals surface area contributed by atoms with E-state index < -0.39 is 0 Å². The molecule has 19 heavy (non-hydrogen) atoms. The zero-order valence-electron chi connectivity index (χ0n) is 11.6. The summed E-state index contributed by atoms with van der Waals surface area (Å²) in [6.07, 6.45) is 4.38. The van der Waals surface area contributed by atoms with Crippen LogP contribution in [0.1, 0.15) is 28.2 Å². The number of nitrogens with zero attached hydrogens (tertiary/aromatic N) is 4. The molecule has 6 nitrogen and oxygen atoms in total. The first-order valence-electron chi connectivity index (χ1n) is 6.35. The molecule has 2 heterocycles. The van der Waals surface area contributed by atoms with Gasteiger partial charge in [-0.3, -0.25) is 14.2 Å². The van der Waals surface area contributed by atoms with Crippen molar-refractivity contribution in [2.75, 3.05) is 6.54 Å². The smallest absolute Gasteiger partial charge is 0.254 e. The lowest BCUT2D eigenvalue weighted by Gasteiger charge is -2.06. The summed E-state index contributed by atoms with van der Waals surface area (Å²) >= 11 is 0. The van der Waals surface area contributed by atoms with Crippen LogP contribution in [0, 0.1) is 13.8 Å². The van der Waals surface area contributed by atoms with Crippen molar-refractivity contribution in [2.24, 2.45) is 7.05 Å². The molecule has 2 aromatic heterocycles. The van der Waals surface area contributed by atoms with Gasteiger partial charge in [0, 0.05) is 38.2 Å². The molecule has 0 aliphatic rings. The van der Waals surface area contributed by atoms with Crippen molar-refractivity contribution in [3.63, 3.8) is 0 Å². The topological polar surface area (TPSA) is 64.7 Å². The molecule has 0 spiro atoms. The largest absolute Gasteiger partial charge is 0.352 e. The molecular formula is C13H19N5O. The van der Waals surface area contributed by atoms with Crippen LogP contribution in [0.5, 0.6) is 0 Å². The normalized spacial score (nSPS) is 10.7. The van der Waals surface area contributed by atoms with E-state index in [1.807, 2.05) is 31.6 Å². The number of rotatable bonds is 5. The standard InChI is InChI=1S/C13H19N5O/c1-10-5-7-15-18(10)8-4-6-14-13(19)12-9-17(3)16-11(12)2/h5,7,9H,4,6,8H2,1-3H3,(H,14,19). The highest BCUT2D eigenvalue weighted by Gasteiger charge is 2.11. The van der Waals surface area contributed by atoms with Crippen molar-refractivity contribution in [1.82, 2.24) is 24.9 Å². The summed E-state index contributed by atoms with van der Waals surface area (Å²) in [6, 6.07) is 1.97. The van der Waals surface area contributed by atoms with Gasteiger partial charge in [-0.05, 0) is 26.3 Å². The number of amides is 1.